The number of imide groups is 1. The molecule has 1 aliphatic rings. The number of carbonyl (C=O) groups is 3. The van der Waals surface area contributed by atoms with Crippen molar-refractivity contribution >= 4 is 35.0 Å². The molecule has 6 nitrogen and oxygen atoms in total. The van der Waals surface area contributed by atoms with Gasteiger partial charge in [0.2, 0.25) is 5.91 Å². The van der Waals surface area contributed by atoms with E-state index in [1.54, 1.807) is 36.4 Å². The van der Waals surface area contributed by atoms with Crippen LogP contribution in [0.5, 0.6) is 5.75 Å². The van der Waals surface area contributed by atoms with Gasteiger partial charge in [-0.15, -0.1) is 0 Å². The minimum atomic E-state index is -0.990. The van der Waals surface area contributed by atoms with Crippen molar-refractivity contribution in [3.63, 3.8) is 0 Å². The summed E-state index contributed by atoms with van der Waals surface area (Å²) in [5.41, 5.74) is 0.962. The van der Waals surface area contributed by atoms with Gasteiger partial charge in [-0.25, -0.2) is 0 Å². The van der Waals surface area contributed by atoms with Crippen molar-refractivity contribution in [2.45, 2.75) is 13.0 Å². The fourth-order valence-electron chi connectivity index (χ4n) is 2.69. The molecule has 0 bridgehead atoms. The highest BCUT2D eigenvalue weighted by molar-refractivity contribution is 6.31. The second kappa shape index (κ2) is 6.57. The first-order valence-corrected chi connectivity index (χ1v) is 7.93. The van der Waals surface area contributed by atoms with E-state index >= 15 is 0 Å². The maximum atomic E-state index is 12.6. The Morgan fingerprint density at radius 2 is 1.72 bits per heavy atom. The molecule has 1 N–H and O–H groups in total. The van der Waals surface area contributed by atoms with Crippen molar-refractivity contribution in [3.05, 3.63) is 58.6 Å². The van der Waals surface area contributed by atoms with Crippen molar-refractivity contribution in [3.8, 4) is 5.75 Å². The highest BCUT2D eigenvalue weighted by atomic mass is 35.5. The Kier molecular flexibility index (Phi) is 4.46. The Hall–Kier alpha value is -2.86. The summed E-state index contributed by atoms with van der Waals surface area (Å²) in [6, 6.07) is 10.3. The van der Waals surface area contributed by atoms with Crippen LogP contribution in [-0.2, 0) is 4.79 Å². The smallest absolute Gasteiger partial charge is 0.262 e. The highest BCUT2D eigenvalue weighted by Gasteiger charge is 2.40. The van der Waals surface area contributed by atoms with Gasteiger partial charge < -0.3 is 10.1 Å². The average Bonchev–Trinajstić information content (AvgIpc) is 2.86. The Balaban J connectivity index is 1.84. The van der Waals surface area contributed by atoms with E-state index in [1.807, 2.05) is 0 Å². The second-order valence-corrected chi connectivity index (χ2v) is 5.97. The maximum absolute atomic E-state index is 12.6. The quantitative estimate of drug-likeness (QED) is 0.852. The molecule has 7 heteroatoms. The molecule has 128 valence electrons. The maximum Gasteiger partial charge on any atom is 0.262 e. The van der Waals surface area contributed by atoms with Crippen LogP contribution in [-0.4, -0.2) is 35.8 Å². The van der Waals surface area contributed by atoms with Crippen molar-refractivity contribution in [2.75, 3.05) is 12.4 Å². The number of methoxy groups -OCH3 is 1. The van der Waals surface area contributed by atoms with E-state index in [2.05, 4.69) is 5.32 Å². The molecule has 1 heterocycles. The van der Waals surface area contributed by atoms with E-state index in [0.29, 0.717) is 27.6 Å². The molecule has 0 saturated carbocycles. The lowest BCUT2D eigenvalue weighted by Crippen LogP contribution is -2.45. The molecular weight excluding hydrogens is 344 g/mol. The van der Waals surface area contributed by atoms with Crippen molar-refractivity contribution in [1.82, 2.24) is 4.90 Å². The zero-order valence-corrected chi connectivity index (χ0v) is 14.3. The molecule has 1 aliphatic heterocycles. The second-order valence-electron chi connectivity index (χ2n) is 5.54. The summed E-state index contributed by atoms with van der Waals surface area (Å²) in [5, 5.41) is 3.07. The molecule has 0 saturated heterocycles. The van der Waals surface area contributed by atoms with Gasteiger partial charge in [-0.3, -0.25) is 19.3 Å². The van der Waals surface area contributed by atoms with Gasteiger partial charge in [0.1, 0.15) is 11.8 Å². The number of carbonyl (C=O) groups excluding carboxylic acids is 3. The standard InChI is InChI=1S/C18H15ClN2O4/c1-10(16(22)20-14-9-11(19)7-8-15(14)25-2)21-17(23)12-5-3-4-6-13(12)18(21)24/h3-10H,1-2H3,(H,20,22). The molecule has 2 aromatic rings. The largest absolute Gasteiger partial charge is 0.495 e. The van der Waals surface area contributed by atoms with Gasteiger partial charge in [-0.2, -0.15) is 0 Å². The summed E-state index contributed by atoms with van der Waals surface area (Å²) in [6.45, 7) is 1.49. The van der Waals surface area contributed by atoms with E-state index in [-0.39, 0.29) is 0 Å². The molecule has 3 rings (SSSR count). The molecule has 1 atom stereocenters. The van der Waals surface area contributed by atoms with Crippen molar-refractivity contribution < 1.29 is 19.1 Å². The molecule has 0 spiro atoms. The summed E-state index contributed by atoms with van der Waals surface area (Å²) in [7, 11) is 1.46. The summed E-state index contributed by atoms with van der Waals surface area (Å²) >= 11 is 5.95. The number of hydrogen-bond acceptors (Lipinski definition) is 4. The van der Waals surface area contributed by atoms with Crippen LogP contribution in [0.4, 0.5) is 5.69 Å². The SMILES string of the molecule is COc1ccc(Cl)cc1NC(=O)C(C)N1C(=O)c2ccccc2C1=O. The third kappa shape index (κ3) is 2.96. The summed E-state index contributed by atoms with van der Waals surface area (Å²) < 4.78 is 5.18. The number of halogens is 1. The zero-order valence-electron chi connectivity index (χ0n) is 13.6. The number of ether oxygens (including phenoxy) is 1. The van der Waals surface area contributed by atoms with Crippen LogP contribution >= 0.6 is 11.6 Å². The van der Waals surface area contributed by atoms with Crippen molar-refractivity contribution in [1.29, 1.82) is 0 Å². The number of nitrogens with zero attached hydrogens (tertiary/aromatic N) is 1. The molecule has 1 unspecified atom stereocenters. The first-order valence-electron chi connectivity index (χ1n) is 7.55. The van der Waals surface area contributed by atoms with Crippen LogP contribution in [0.1, 0.15) is 27.6 Å². The first kappa shape index (κ1) is 17.0. The van der Waals surface area contributed by atoms with Crippen LogP contribution in [0.15, 0.2) is 42.5 Å². The number of fused-ring (bicyclic) bond motifs is 1. The number of hydrogen-bond donors (Lipinski definition) is 1. The normalized spacial score (nSPS) is 14.3. The zero-order chi connectivity index (χ0) is 18.1. The lowest BCUT2D eigenvalue weighted by molar-refractivity contribution is -0.119. The van der Waals surface area contributed by atoms with Crippen LogP contribution in [0.25, 0.3) is 0 Å². The third-order valence-electron chi connectivity index (χ3n) is 4.01. The first-order chi connectivity index (χ1) is 11.9. The number of anilines is 1. The van der Waals surface area contributed by atoms with E-state index in [9.17, 15) is 14.4 Å². The highest BCUT2D eigenvalue weighted by Crippen LogP contribution is 2.29. The van der Waals surface area contributed by atoms with Crippen LogP contribution < -0.4 is 10.1 Å². The number of nitrogens with one attached hydrogen (secondary N) is 1. The number of rotatable bonds is 4. The minimum Gasteiger partial charge on any atom is -0.495 e. The molecule has 3 amide bonds. The van der Waals surface area contributed by atoms with Crippen molar-refractivity contribution in [2.24, 2.45) is 0 Å². The summed E-state index contributed by atoms with van der Waals surface area (Å²) in [5.74, 6) is -1.06. The van der Waals surface area contributed by atoms with Crippen LogP contribution in [0.2, 0.25) is 5.02 Å². The Morgan fingerprint density at radius 1 is 1.12 bits per heavy atom. The average molecular weight is 359 g/mol. The number of benzene rings is 2. The minimum absolute atomic E-state index is 0.299. The molecular formula is C18H15ClN2O4. The Morgan fingerprint density at radius 3 is 2.28 bits per heavy atom. The Labute approximate surface area is 149 Å². The monoisotopic (exact) mass is 358 g/mol. The molecule has 0 radical (unpaired) electrons. The predicted molar refractivity (Wildman–Crippen MR) is 93.0 cm³/mol. The summed E-state index contributed by atoms with van der Waals surface area (Å²) in [6.07, 6.45) is 0. The van der Waals surface area contributed by atoms with Gasteiger partial charge in [0.25, 0.3) is 11.8 Å². The Bertz CT molecular complexity index is 846. The summed E-state index contributed by atoms with van der Waals surface area (Å²) in [4.78, 5) is 38.4. The van der Waals surface area contributed by atoms with Gasteiger partial charge >= 0.3 is 0 Å². The molecule has 0 aliphatic carbocycles. The van der Waals surface area contributed by atoms with Crippen LogP contribution in [0.3, 0.4) is 0 Å². The fourth-order valence-corrected chi connectivity index (χ4v) is 2.86. The van der Waals surface area contributed by atoms with E-state index < -0.39 is 23.8 Å². The van der Waals surface area contributed by atoms with E-state index in [0.717, 1.165) is 4.90 Å². The molecule has 0 aromatic heterocycles. The lowest BCUT2D eigenvalue weighted by atomic mass is 10.1. The van der Waals surface area contributed by atoms with Gasteiger partial charge in [-0.05, 0) is 37.3 Å². The van der Waals surface area contributed by atoms with Crippen LogP contribution in [0, 0.1) is 0 Å². The molecule has 25 heavy (non-hydrogen) atoms. The fraction of sp³-hybridized carbons (Fsp3) is 0.167. The lowest BCUT2D eigenvalue weighted by Gasteiger charge is -2.22. The number of amides is 3. The predicted octanol–water partition coefficient (Wildman–Crippen LogP) is 2.97. The van der Waals surface area contributed by atoms with E-state index in [1.165, 1.54) is 20.1 Å². The van der Waals surface area contributed by atoms with E-state index in [4.69, 9.17) is 16.3 Å². The van der Waals surface area contributed by atoms with Gasteiger partial charge in [0, 0.05) is 5.02 Å². The topological polar surface area (TPSA) is 75.7 Å². The molecule has 2 aromatic carbocycles. The van der Waals surface area contributed by atoms with Gasteiger partial charge in [0.15, 0.2) is 0 Å². The van der Waals surface area contributed by atoms with Gasteiger partial charge in [0.05, 0.1) is 23.9 Å². The van der Waals surface area contributed by atoms with Gasteiger partial charge in [-0.1, -0.05) is 23.7 Å². The third-order valence-corrected chi connectivity index (χ3v) is 4.25. The molecule has 0 fully saturated rings.